The lowest BCUT2D eigenvalue weighted by molar-refractivity contribution is 0.415. The summed E-state index contributed by atoms with van der Waals surface area (Å²) in [5.74, 6) is 0.738. The summed E-state index contributed by atoms with van der Waals surface area (Å²) in [6.07, 6.45) is 0. The van der Waals surface area contributed by atoms with Gasteiger partial charge in [-0.2, -0.15) is 8.42 Å². The van der Waals surface area contributed by atoms with Gasteiger partial charge in [0.05, 0.1) is 12.0 Å². The van der Waals surface area contributed by atoms with Crippen LogP contribution in [0.3, 0.4) is 0 Å². The third-order valence-electron chi connectivity index (χ3n) is 2.56. The second kappa shape index (κ2) is 4.78. The van der Waals surface area contributed by atoms with Crippen LogP contribution in [0, 0.1) is 0 Å². The number of rotatable bonds is 3. The van der Waals surface area contributed by atoms with Crippen molar-refractivity contribution in [1.29, 1.82) is 0 Å². The highest BCUT2D eigenvalue weighted by Gasteiger charge is 2.11. The van der Waals surface area contributed by atoms with Crippen molar-refractivity contribution in [3.63, 3.8) is 0 Å². The van der Waals surface area contributed by atoms with Gasteiger partial charge in [0.15, 0.2) is 0 Å². The molecule has 0 aliphatic heterocycles. The van der Waals surface area contributed by atoms with Crippen LogP contribution in [0.2, 0.25) is 0 Å². The zero-order valence-corrected chi connectivity index (χ0v) is 10.4. The fourth-order valence-electron chi connectivity index (χ4n) is 1.59. The van der Waals surface area contributed by atoms with Crippen molar-refractivity contribution in [2.75, 3.05) is 7.11 Å². The van der Waals surface area contributed by atoms with E-state index in [4.69, 9.17) is 4.74 Å². The smallest absolute Gasteiger partial charge is 0.332 e. The van der Waals surface area contributed by atoms with Gasteiger partial charge in [-0.15, -0.1) is 3.89 Å². The van der Waals surface area contributed by atoms with E-state index in [0.717, 1.165) is 16.9 Å². The van der Waals surface area contributed by atoms with Gasteiger partial charge in [-0.3, -0.25) is 0 Å². The Labute approximate surface area is 105 Å². The summed E-state index contributed by atoms with van der Waals surface area (Å²) < 4.78 is 39.1. The standard InChI is InChI=1S/C13H11FO3S/c1-17-12-6-2-10(3-7-12)11-4-8-13(9-5-11)18(14,15)16/h2-9H,1H3. The average molecular weight is 266 g/mol. The number of halogens is 1. The first kappa shape index (κ1) is 12.6. The van der Waals surface area contributed by atoms with Crippen LogP contribution >= 0.6 is 0 Å². The van der Waals surface area contributed by atoms with E-state index in [-0.39, 0.29) is 4.90 Å². The van der Waals surface area contributed by atoms with E-state index >= 15 is 0 Å². The fraction of sp³-hybridized carbons (Fsp3) is 0.0769. The van der Waals surface area contributed by atoms with Gasteiger partial charge in [-0.1, -0.05) is 24.3 Å². The quantitative estimate of drug-likeness (QED) is 0.802. The van der Waals surface area contributed by atoms with Gasteiger partial charge in [0.25, 0.3) is 0 Å². The molecule has 3 nitrogen and oxygen atoms in total. The topological polar surface area (TPSA) is 43.4 Å². The number of ether oxygens (including phenoxy) is 1. The Morgan fingerprint density at radius 2 is 1.33 bits per heavy atom. The molecule has 0 amide bonds. The van der Waals surface area contributed by atoms with E-state index in [2.05, 4.69) is 0 Å². The van der Waals surface area contributed by atoms with Crippen LogP contribution < -0.4 is 4.74 Å². The van der Waals surface area contributed by atoms with E-state index in [0.29, 0.717) is 0 Å². The van der Waals surface area contributed by atoms with Gasteiger partial charge < -0.3 is 4.74 Å². The SMILES string of the molecule is COc1ccc(-c2ccc(S(=O)(=O)F)cc2)cc1. The first-order valence-corrected chi connectivity index (χ1v) is 6.58. The largest absolute Gasteiger partial charge is 0.497 e. The number of benzene rings is 2. The third kappa shape index (κ3) is 2.68. The van der Waals surface area contributed by atoms with Crippen LogP contribution in [0.25, 0.3) is 11.1 Å². The zero-order chi connectivity index (χ0) is 13.2. The molecule has 0 saturated heterocycles. The molecule has 0 N–H and O–H groups in total. The molecule has 94 valence electrons. The van der Waals surface area contributed by atoms with Crippen molar-refractivity contribution in [3.05, 3.63) is 48.5 Å². The Balaban J connectivity index is 2.34. The number of hydrogen-bond donors (Lipinski definition) is 0. The Kier molecular flexibility index (Phi) is 3.34. The summed E-state index contributed by atoms with van der Waals surface area (Å²) in [6.45, 7) is 0. The van der Waals surface area contributed by atoms with Gasteiger partial charge in [0.1, 0.15) is 5.75 Å². The minimum absolute atomic E-state index is 0.334. The molecule has 0 aliphatic carbocycles. The number of hydrogen-bond acceptors (Lipinski definition) is 3. The maximum Gasteiger partial charge on any atom is 0.332 e. The maximum absolute atomic E-state index is 12.7. The molecule has 0 unspecified atom stereocenters. The zero-order valence-electron chi connectivity index (χ0n) is 9.63. The van der Waals surface area contributed by atoms with E-state index in [1.54, 1.807) is 31.4 Å². The summed E-state index contributed by atoms with van der Waals surface area (Å²) in [7, 11) is -3.05. The number of methoxy groups -OCH3 is 1. The molecule has 0 radical (unpaired) electrons. The predicted molar refractivity (Wildman–Crippen MR) is 66.7 cm³/mol. The van der Waals surface area contributed by atoms with Crippen LogP contribution in [0.1, 0.15) is 0 Å². The van der Waals surface area contributed by atoms with Gasteiger partial charge >= 0.3 is 10.2 Å². The van der Waals surface area contributed by atoms with Crippen molar-refractivity contribution >= 4 is 10.2 Å². The molecule has 18 heavy (non-hydrogen) atoms. The first-order valence-electron chi connectivity index (χ1n) is 5.20. The van der Waals surface area contributed by atoms with Crippen LogP contribution in [0.5, 0.6) is 5.75 Å². The van der Waals surface area contributed by atoms with Crippen molar-refractivity contribution in [2.24, 2.45) is 0 Å². The third-order valence-corrected chi connectivity index (χ3v) is 3.39. The molecule has 0 aromatic heterocycles. The molecule has 0 atom stereocenters. The van der Waals surface area contributed by atoms with Crippen LogP contribution in [-0.2, 0) is 10.2 Å². The van der Waals surface area contributed by atoms with Crippen molar-refractivity contribution in [1.82, 2.24) is 0 Å². The molecule has 0 spiro atoms. The molecule has 5 heteroatoms. The average Bonchev–Trinajstić information content (AvgIpc) is 2.38. The van der Waals surface area contributed by atoms with E-state index in [1.807, 2.05) is 12.1 Å². The second-order valence-electron chi connectivity index (χ2n) is 3.69. The molecule has 0 heterocycles. The highest BCUT2D eigenvalue weighted by Crippen LogP contribution is 2.24. The summed E-state index contributed by atoms with van der Waals surface area (Å²) in [4.78, 5) is -0.334. The molecular weight excluding hydrogens is 255 g/mol. The highest BCUT2D eigenvalue weighted by molar-refractivity contribution is 7.86. The normalized spacial score (nSPS) is 11.2. The molecule has 0 saturated carbocycles. The summed E-state index contributed by atoms with van der Waals surface area (Å²) in [6, 6.07) is 12.9. The Hall–Kier alpha value is -1.88. The van der Waals surface area contributed by atoms with Crippen LogP contribution in [0.4, 0.5) is 3.89 Å². The van der Waals surface area contributed by atoms with Crippen molar-refractivity contribution in [2.45, 2.75) is 4.90 Å². The molecule has 2 aromatic carbocycles. The molecule has 0 fully saturated rings. The summed E-state index contributed by atoms with van der Waals surface area (Å²) >= 11 is 0. The molecule has 2 rings (SSSR count). The predicted octanol–water partition coefficient (Wildman–Crippen LogP) is 3.02. The minimum Gasteiger partial charge on any atom is -0.497 e. The van der Waals surface area contributed by atoms with Crippen LogP contribution in [0.15, 0.2) is 53.4 Å². The first-order chi connectivity index (χ1) is 8.50. The molecule has 0 aliphatic rings. The monoisotopic (exact) mass is 266 g/mol. The Bertz CT molecular complexity index is 631. The molecular formula is C13H11FO3S. The fourth-order valence-corrected chi connectivity index (χ4v) is 2.05. The lowest BCUT2D eigenvalue weighted by atomic mass is 10.1. The van der Waals surface area contributed by atoms with Crippen molar-refractivity contribution in [3.8, 4) is 16.9 Å². The Morgan fingerprint density at radius 3 is 1.72 bits per heavy atom. The summed E-state index contributed by atoms with van der Waals surface area (Å²) in [5, 5.41) is 0. The van der Waals surface area contributed by atoms with Crippen LogP contribution in [-0.4, -0.2) is 15.5 Å². The second-order valence-corrected chi connectivity index (χ2v) is 5.04. The van der Waals surface area contributed by atoms with Gasteiger partial charge in [0.2, 0.25) is 0 Å². The Morgan fingerprint density at radius 1 is 0.889 bits per heavy atom. The summed E-state index contributed by atoms with van der Waals surface area (Å²) in [5.41, 5.74) is 1.71. The molecule has 0 bridgehead atoms. The van der Waals surface area contributed by atoms with Gasteiger partial charge in [-0.05, 0) is 35.4 Å². The lowest BCUT2D eigenvalue weighted by Crippen LogP contribution is -1.91. The minimum atomic E-state index is -4.63. The lowest BCUT2D eigenvalue weighted by Gasteiger charge is -2.04. The molecule has 2 aromatic rings. The van der Waals surface area contributed by atoms with E-state index in [1.165, 1.54) is 12.1 Å². The van der Waals surface area contributed by atoms with Crippen molar-refractivity contribution < 1.29 is 17.0 Å². The van der Waals surface area contributed by atoms with E-state index < -0.39 is 10.2 Å². The maximum atomic E-state index is 12.7. The van der Waals surface area contributed by atoms with Gasteiger partial charge in [0, 0.05) is 0 Å². The van der Waals surface area contributed by atoms with E-state index in [9.17, 15) is 12.3 Å². The van der Waals surface area contributed by atoms with Gasteiger partial charge in [-0.25, -0.2) is 0 Å². The highest BCUT2D eigenvalue weighted by atomic mass is 32.3.